The standard InChI is InChI=1S/C14H16N2S/c15-14(13-5-2-8-17-13)11-4-1-3-10-6-7-16-9-12(10)11/h1,3-4,6-7,9,13-14H,2,5,8,15H2. The van der Waals surface area contributed by atoms with Crippen molar-refractivity contribution in [2.45, 2.75) is 24.1 Å². The molecule has 0 saturated carbocycles. The van der Waals surface area contributed by atoms with Crippen LogP contribution in [0, 0.1) is 0 Å². The van der Waals surface area contributed by atoms with Crippen LogP contribution in [-0.2, 0) is 0 Å². The van der Waals surface area contributed by atoms with Crippen LogP contribution in [0.25, 0.3) is 10.8 Å². The van der Waals surface area contributed by atoms with Gasteiger partial charge in [-0.2, -0.15) is 11.8 Å². The fraction of sp³-hybridized carbons (Fsp3) is 0.357. The van der Waals surface area contributed by atoms with Gasteiger partial charge < -0.3 is 5.73 Å². The Labute approximate surface area is 106 Å². The largest absolute Gasteiger partial charge is 0.323 e. The molecule has 2 N–H and O–H groups in total. The molecule has 1 saturated heterocycles. The van der Waals surface area contributed by atoms with Crippen LogP contribution in [0.5, 0.6) is 0 Å². The first kappa shape index (κ1) is 11.1. The molecule has 2 heterocycles. The number of benzene rings is 1. The summed E-state index contributed by atoms with van der Waals surface area (Å²) in [4.78, 5) is 4.22. The average molecular weight is 244 g/mol. The summed E-state index contributed by atoms with van der Waals surface area (Å²) in [6.07, 6.45) is 6.31. The topological polar surface area (TPSA) is 38.9 Å². The maximum atomic E-state index is 6.42. The summed E-state index contributed by atoms with van der Waals surface area (Å²) in [6, 6.07) is 8.54. The molecule has 1 aromatic heterocycles. The maximum Gasteiger partial charge on any atom is 0.0422 e. The maximum absolute atomic E-state index is 6.42. The zero-order valence-electron chi connectivity index (χ0n) is 9.67. The lowest BCUT2D eigenvalue weighted by molar-refractivity contribution is 0.649. The highest BCUT2D eigenvalue weighted by Crippen LogP contribution is 2.36. The van der Waals surface area contributed by atoms with Gasteiger partial charge in [0.1, 0.15) is 0 Å². The van der Waals surface area contributed by atoms with Crippen LogP contribution < -0.4 is 5.73 Å². The van der Waals surface area contributed by atoms with E-state index in [2.05, 4.69) is 23.2 Å². The van der Waals surface area contributed by atoms with Gasteiger partial charge in [0.25, 0.3) is 0 Å². The number of hydrogen-bond acceptors (Lipinski definition) is 3. The molecule has 3 rings (SSSR count). The number of nitrogens with zero attached hydrogens (tertiary/aromatic N) is 1. The third-order valence-corrected chi connectivity index (χ3v) is 4.92. The van der Waals surface area contributed by atoms with Gasteiger partial charge >= 0.3 is 0 Å². The van der Waals surface area contributed by atoms with Crippen LogP contribution in [0.4, 0.5) is 0 Å². The van der Waals surface area contributed by atoms with Crippen molar-refractivity contribution in [1.82, 2.24) is 4.98 Å². The number of fused-ring (bicyclic) bond motifs is 1. The molecule has 2 atom stereocenters. The highest BCUT2D eigenvalue weighted by atomic mass is 32.2. The summed E-state index contributed by atoms with van der Waals surface area (Å²) in [6.45, 7) is 0. The molecule has 0 spiro atoms. The van der Waals surface area contributed by atoms with Crippen LogP contribution in [0.2, 0.25) is 0 Å². The Hall–Kier alpha value is -1.06. The van der Waals surface area contributed by atoms with Gasteiger partial charge in [0, 0.05) is 29.1 Å². The van der Waals surface area contributed by atoms with Gasteiger partial charge in [-0.1, -0.05) is 18.2 Å². The molecule has 0 radical (unpaired) electrons. The van der Waals surface area contributed by atoms with E-state index in [0.29, 0.717) is 5.25 Å². The number of aromatic nitrogens is 1. The third kappa shape index (κ3) is 2.05. The second-order valence-electron chi connectivity index (χ2n) is 4.52. The van der Waals surface area contributed by atoms with Crippen molar-refractivity contribution >= 4 is 22.5 Å². The molecule has 17 heavy (non-hydrogen) atoms. The zero-order valence-corrected chi connectivity index (χ0v) is 10.5. The second-order valence-corrected chi connectivity index (χ2v) is 5.87. The minimum atomic E-state index is 0.135. The molecule has 1 aliphatic rings. The van der Waals surface area contributed by atoms with Gasteiger partial charge in [-0.25, -0.2) is 0 Å². The van der Waals surface area contributed by atoms with Crippen LogP contribution in [0.1, 0.15) is 24.4 Å². The van der Waals surface area contributed by atoms with E-state index in [0.717, 1.165) is 0 Å². The summed E-state index contributed by atoms with van der Waals surface area (Å²) >= 11 is 2.01. The molecule has 2 unspecified atom stereocenters. The molecule has 0 amide bonds. The number of pyridine rings is 1. The van der Waals surface area contributed by atoms with Crippen molar-refractivity contribution in [2.75, 3.05) is 5.75 Å². The summed E-state index contributed by atoms with van der Waals surface area (Å²) in [5, 5.41) is 3.01. The summed E-state index contributed by atoms with van der Waals surface area (Å²) in [5.74, 6) is 1.25. The van der Waals surface area contributed by atoms with E-state index in [1.54, 1.807) is 0 Å². The number of hydrogen-bond donors (Lipinski definition) is 1. The van der Waals surface area contributed by atoms with Crippen LogP contribution in [-0.4, -0.2) is 16.0 Å². The first-order valence-electron chi connectivity index (χ1n) is 6.06. The molecule has 1 aliphatic heterocycles. The third-order valence-electron chi connectivity index (χ3n) is 3.44. The van der Waals surface area contributed by atoms with Gasteiger partial charge in [0.05, 0.1) is 0 Å². The Morgan fingerprint density at radius 3 is 3.12 bits per heavy atom. The normalized spacial score (nSPS) is 21.8. The lowest BCUT2D eigenvalue weighted by Gasteiger charge is -2.20. The number of rotatable bonds is 2. The van der Waals surface area contributed by atoms with Gasteiger partial charge in [0.15, 0.2) is 0 Å². The lowest BCUT2D eigenvalue weighted by atomic mass is 9.97. The SMILES string of the molecule is NC(c1cccc2ccncc12)C1CCCS1. The summed E-state index contributed by atoms with van der Waals surface area (Å²) < 4.78 is 0. The number of nitrogens with two attached hydrogens (primary N) is 1. The van der Waals surface area contributed by atoms with Crippen molar-refractivity contribution in [3.63, 3.8) is 0 Å². The minimum absolute atomic E-state index is 0.135. The smallest absolute Gasteiger partial charge is 0.0422 e. The fourth-order valence-corrected chi connectivity index (χ4v) is 3.84. The van der Waals surface area contributed by atoms with E-state index in [1.807, 2.05) is 30.2 Å². The summed E-state index contributed by atoms with van der Waals surface area (Å²) in [5.41, 5.74) is 7.66. The van der Waals surface area contributed by atoms with Gasteiger partial charge in [0.2, 0.25) is 0 Å². The van der Waals surface area contributed by atoms with Crippen LogP contribution in [0.3, 0.4) is 0 Å². The van der Waals surface area contributed by atoms with Gasteiger partial charge in [-0.15, -0.1) is 0 Å². The zero-order chi connectivity index (χ0) is 11.7. The average Bonchev–Trinajstić information content (AvgIpc) is 2.91. The van der Waals surface area contributed by atoms with Crippen molar-refractivity contribution in [3.8, 4) is 0 Å². The quantitative estimate of drug-likeness (QED) is 0.882. The molecule has 1 fully saturated rings. The molecule has 88 valence electrons. The molecule has 0 bridgehead atoms. The predicted molar refractivity (Wildman–Crippen MR) is 74.2 cm³/mol. The van der Waals surface area contributed by atoms with E-state index < -0.39 is 0 Å². The molecular formula is C14H16N2S. The Morgan fingerprint density at radius 1 is 1.35 bits per heavy atom. The lowest BCUT2D eigenvalue weighted by Crippen LogP contribution is -2.21. The molecule has 3 heteroatoms. The van der Waals surface area contributed by atoms with Crippen molar-refractivity contribution in [2.24, 2.45) is 5.73 Å². The highest BCUT2D eigenvalue weighted by molar-refractivity contribution is 8.00. The van der Waals surface area contributed by atoms with Gasteiger partial charge in [-0.05, 0) is 35.6 Å². The fourth-order valence-electron chi connectivity index (χ4n) is 2.51. The number of thioether (sulfide) groups is 1. The molecule has 0 aliphatic carbocycles. The summed E-state index contributed by atoms with van der Waals surface area (Å²) in [7, 11) is 0. The van der Waals surface area contributed by atoms with Crippen molar-refractivity contribution < 1.29 is 0 Å². The Bertz CT molecular complexity index is 515. The Kier molecular flexibility index (Phi) is 3.04. The van der Waals surface area contributed by atoms with Crippen LogP contribution >= 0.6 is 11.8 Å². The van der Waals surface area contributed by atoms with Crippen LogP contribution in [0.15, 0.2) is 36.7 Å². The Morgan fingerprint density at radius 2 is 2.29 bits per heavy atom. The predicted octanol–water partition coefficient (Wildman–Crippen LogP) is 3.13. The van der Waals surface area contributed by atoms with Crippen molar-refractivity contribution in [3.05, 3.63) is 42.2 Å². The Balaban J connectivity index is 2.04. The van der Waals surface area contributed by atoms with E-state index in [4.69, 9.17) is 5.73 Å². The molecular weight excluding hydrogens is 228 g/mol. The van der Waals surface area contributed by atoms with Gasteiger partial charge in [-0.3, -0.25) is 4.98 Å². The van der Waals surface area contributed by atoms with E-state index in [1.165, 1.54) is 34.9 Å². The molecule has 2 aromatic rings. The minimum Gasteiger partial charge on any atom is -0.323 e. The second kappa shape index (κ2) is 4.67. The van der Waals surface area contributed by atoms with E-state index in [-0.39, 0.29) is 6.04 Å². The molecule has 1 aromatic carbocycles. The first-order chi connectivity index (χ1) is 8.36. The van der Waals surface area contributed by atoms with E-state index >= 15 is 0 Å². The van der Waals surface area contributed by atoms with E-state index in [9.17, 15) is 0 Å². The molecule has 2 nitrogen and oxygen atoms in total. The highest BCUT2D eigenvalue weighted by Gasteiger charge is 2.24. The first-order valence-corrected chi connectivity index (χ1v) is 7.11. The van der Waals surface area contributed by atoms with Crippen molar-refractivity contribution in [1.29, 1.82) is 0 Å². The monoisotopic (exact) mass is 244 g/mol.